The van der Waals surface area contributed by atoms with Crippen molar-refractivity contribution in [3.8, 4) is 5.75 Å². The minimum Gasteiger partial charge on any atom is -0.490 e. The summed E-state index contributed by atoms with van der Waals surface area (Å²) in [5.41, 5.74) is 1.25. The molecule has 4 rings (SSSR count). The molecule has 0 fully saturated rings. The van der Waals surface area contributed by atoms with E-state index in [4.69, 9.17) is 37.1 Å². The summed E-state index contributed by atoms with van der Waals surface area (Å²) in [6.07, 6.45) is 0. The van der Waals surface area contributed by atoms with Crippen molar-refractivity contribution < 1.29 is 18.7 Å². The Labute approximate surface area is 192 Å². The Morgan fingerprint density at radius 2 is 1.97 bits per heavy atom. The molecule has 4 aromatic rings. The molecule has 9 heteroatoms. The van der Waals surface area contributed by atoms with Crippen LogP contribution in [0.1, 0.15) is 24.4 Å². The zero-order valence-corrected chi connectivity index (χ0v) is 19.3. The molecule has 0 aliphatic carbocycles. The van der Waals surface area contributed by atoms with Crippen molar-refractivity contribution in [3.63, 3.8) is 0 Å². The first-order valence-corrected chi connectivity index (χ1v) is 11.4. The molecule has 0 spiro atoms. The molecule has 2 aromatic carbocycles. The lowest BCUT2D eigenvalue weighted by atomic mass is 10.2. The number of carbonyl (C=O) groups excluding carboxylic acids is 1. The lowest BCUT2D eigenvalue weighted by molar-refractivity contribution is 0.0972. The number of carbonyl (C=O) groups is 1. The molecule has 0 aliphatic heterocycles. The van der Waals surface area contributed by atoms with Gasteiger partial charge >= 0.3 is 5.91 Å². The van der Waals surface area contributed by atoms with E-state index in [0.29, 0.717) is 52.5 Å². The lowest BCUT2D eigenvalue weighted by Gasteiger charge is -2.06. The Morgan fingerprint density at radius 1 is 1.16 bits per heavy atom. The zero-order valence-electron chi connectivity index (χ0n) is 17.0. The second-order valence-corrected chi connectivity index (χ2v) is 8.37. The van der Waals surface area contributed by atoms with Crippen molar-refractivity contribution in [1.29, 1.82) is 0 Å². The van der Waals surface area contributed by atoms with Crippen LogP contribution in [0, 0.1) is 0 Å². The van der Waals surface area contributed by atoms with Gasteiger partial charge < -0.3 is 18.5 Å². The van der Waals surface area contributed by atoms with Crippen LogP contribution in [0.2, 0.25) is 10.0 Å². The highest BCUT2D eigenvalue weighted by atomic mass is 35.5. The Morgan fingerprint density at radius 3 is 2.74 bits per heavy atom. The minimum atomic E-state index is -0.498. The van der Waals surface area contributed by atoms with Crippen LogP contribution in [0.5, 0.6) is 5.75 Å². The molecular weight excluding hydrogens is 459 g/mol. The number of benzene rings is 2. The molecule has 0 atom stereocenters. The van der Waals surface area contributed by atoms with E-state index in [0.717, 1.165) is 15.6 Å². The number of aromatic nitrogens is 1. The number of thiazole rings is 1. The fourth-order valence-corrected chi connectivity index (χ4v) is 4.93. The topological polar surface area (TPSA) is 66.0 Å². The number of ether oxygens (including phenoxy) is 2. The number of para-hydroxylation sites is 1. The van der Waals surface area contributed by atoms with Gasteiger partial charge in [0.1, 0.15) is 0 Å². The van der Waals surface area contributed by atoms with Crippen LogP contribution >= 0.6 is 34.5 Å². The van der Waals surface area contributed by atoms with Crippen LogP contribution in [-0.4, -0.2) is 30.3 Å². The Kier molecular flexibility index (Phi) is 6.67. The molecule has 31 heavy (non-hydrogen) atoms. The number of hydrogen-bond acceptors (Lipinski definition) is 5. The highest BCUT2D eigenvalue weighted by Gasteiger charge is 2.17. The van der Waals surface area contributed by atoms with Gasteiger partial charge in [-0.05, 0) is 38.1 Å². The van der Waals surface area contributed by atoms with Crippen LogP contribution in [-0.2, 0) is 11.3 Å². The molecule has 0 saturated heterocycles. The predicted molar refractivity (Wildman–Crippen MR) is 124 cm³/mol. The van der Waals surface area contributed by atoms with Crippen molar-refractivity contribution in [2.75, 3.05) is 19.8 Å². The highest BCUT2D eigenvalue weighted by molar-refractivity contribution is 7.17. The molecule has 162 valence electrons. The molecule has 0 unspecified atom stereocenters. The summed E-state index contributed by atoms with van der Waals surface area (Å²) in [5, 5.41) is 1.86. The lowest BCUT2D eigenvalue weighted by Crippen LogP contribution is -2.19. The predicted octanol–water partition coefficient (Wildman–Crippen LogP) is 5.93. The van der Waals surface area contributed by atoms with E-state index in [1.807, 2.05) is 30.5 Å². The summed E-state index contributed by atoms with van der Waals surface area (Å²) >= 11 is 14.1. The van der Waals surface area contributed by atoms with E-state index in [1.165, 1.54) is 11.3 Å². The van der Waals surface area contributed by atoms with Gasteiger partial charge in [-0.3, -0.25) is 4.79 Å². The first-order chi connectivity index (χ1) is 15.0. The maximum absolute atomic E-state index is 13.0. The van der Waals surface area contributed by atoms with Gasteiger partial charge in [-0.25, -0.2) is 0 Å². The summed E-state index contributed by atoms with van der Waals surface area (Å²) in [5.74, 6) is 0.224. The third-order valence-corrected chi connectivity index (χ3v) is 6.45. The SMILES string of the molecule is CCOCCn1c(=NC(=O)c2cc3cccc(OCC)c3o2)sc2c(Cl)ccc(Cl)c21. The minimum absolute atomic E-state index is 0.133. The smallest absolute Gasteiger partial charge is 0.315 e. The van der Waals surface area contributed by atoms with E-state index in [1.54, 1.807) is 24.3 Å². The van der Waals surface area contributed by atoms with E-state index < -0.39 is 5.91 Å². The van der Waals surface area contributed by atoms with Gasteiger partial charge in [-0.1, -0.05) is 46.7 Å². The molecule has 0 saturated carbocycles. The second kappa shape index (κ2) is 9.44. The van der Waals surface area contributed by atoms with Gasteiger partial charge in [0, 0.05) is 18.5 Å². The number of fused-ring (bicyclic) bond motifs is 2. The number of rotatable bonds is 7. The van der Waals surface area contributed by atoms with Gasteiger partial charge in [0.15, 0.2) is 21.9 Å². The molecule has 1 amide bonds. The third kappa shape index (κ3) is 4.36. The first-order valence-electron chi connectivity index (χ1n) is 9.83. The summed E-state index contributed by atoms with van der Waals surface area (Å²) in [4.78, 5) is 17.8. The van der Waals surface area contributed by atoms with E-state index >= 15 is 0 Å². The molecular formula is C22H20Cl2N2O4S. The van der Waals surface area contributed by atoms with Crippen LogP contribution in [0.4, 0.5) is 0 Å². The molecule has 0 N–H and O–H groups in total. The van der Waals surface area contributed by atoms with Crippen molar-refractivity contribution in [2.45, 2.75) is 20.4 Å². The first kappa shape index (κ1) is 21.9. The monoisotopic (exact) mass is 478 g/mol. The number of nitrogens with zero attached hydrogens (tertiary/aromatic N) is 2. The molecule has 0 aliphatic rings. The fourth-order valence-electron chi connectivity index (χ4n) is 3.26. The van der Waals surface area contributed by atoms with E-state index in [-0.39, 0.29) is 5.76 Å². The molecule has 0 radical (unpaired) electrons. The van der Waals surface area contributed by atoms with E-state index in [9.17, 15) is 4.79 Å². The zero-order chi connectivity index (χ0) is 22.0. The van der Waals surface area contributed by atoms with Crippen LogP contribution in [0.25, 0.3) is 21.2 Å². The quantitative estimate of drug-likeness (QED) is 0.308. The highest BCUT2D eigenvalue weighted by Crippen LogP contribution is 2.32. The van der Waals surface area contributed by atoms with Gasteiger partial charge in [0.25, 0.3) is 0 Å². The Bertz CT molecular complexity index is 1320. The summed E-state index contributed by atoms with van der Waals surface area (Å²) in [6, 6.07) is 10.6. The van der Waals surface area contributed by atoms with Gasteiger partial charge in [0.05, 0.1) is 33.5 Å². The van der Waals surface area contributed by atoms with Crippen molar-refractivity contribution in [2.24, 2.45) is 4.99 Å². The van der Waals surface area contributed by atoms with Crippen LogP contribution in [0.3, 0.4) is 0 Å². The van der Waals surface area contributed by atoms with Gasteiger partial charge in [-0.15, -0.1) is 0 Å². The molecule has 2 aromatic heterocycles. The Hall–Kier alpha value is -2.32. The second-order valence-electron chi connectivity index (χ2n) is 6.58. The summed E-state index contributed by atoms with van der Waals surface area (Å²) in [6.45, 7) is 5.83. The van der Waals surface area contributed by atoms with Crippen molar-refractivity contribution in [1.82, 2.24) is 4.57 Å². The standard InChI is InChI=1S/C22H20Cl2N2O4S/c1-3-28-11-10-26-18-14(23)8-9-15(24)20(18)31-22(26)25-21(27)17-12-13-6-5-7-16(29-4-2)19(13)30-17/h5-9,12H,3-4,10-11H2,1-2H3. The molecule has 0 bridgehead atoms. The summed E-state index contributed by atoms with van der Waals surface area (Å²) in [7, 11) is 0. The van der Waals surface area contributed by atoms with Crippen LogP contribution < -0.4 is 9.54 Å². The number of halogens is 2. The summed E-state index contributed by atoms with van der Waals surface area (Å²) < 4.78 is 19.5. The van der Waals surface area contributed by atoms with Crippen molar-refractivity contribution >= 4 is 61.6 Å². The normalized spacial score (nSPS) is 12.2. The van der Waals surface area contributed by atoms with Gasteiger partial charge in [-0.2, -0.15) is 4.99 Å². The largest absolute Gasteiger partial charge is 0.490 e. The number of hydrogen-bond donors (Lipinski definition) is 0. The average molecular weight is 479 g/mol. The fraction of sp³-hybridized carbons (Fsp3) is 0.273. The third-order valence-electron chi connectivity index (χ3n) is 4.61. The molecule has 2 heterocycles. The number of amides is 1. The van der Waals surface area contributed by atoms with E-state index in [2.05, 4.69) is 4.99 Å². The maximum atomic E-state index is 13.0. The number of furan rings is 1. The Balaban J connectivity index is 1.81. The van der Waals surface area contributed by atoms with Gasteiger partial charge in [0.2, 0.25) is 0 Å². The molecule has 6 nitrogen and oxygen atoms in total. The van der Waals surface area contributed by atoms with Crippen molar-refractivity contribution in [3.05, 3.63) is 57.0 Å². The average Bonchev–Trinajstić information content (AvgIpc) is 3.35. The van der Waals surface area contributed by atoms with Crippen LogP contribution in [0.15, 0.2) is 45.8 Å². The maximum Gasteiger partial charge on any atom is 0.315 e.